The Kier molecular flexibility index (Phi) is 8.56. The number of ketones is 1. The molecule has 19 heavy (non-hydrogen) atoms. The molecule has 1 aromatic rings. The summed E-state index contributed by atoms with van der Waals surface area (Å²) in [4.78, 5) is 15.1. The molecule has 3 heteroatoms. The fraction of sp³-hybridized carbons (Fsp3) is 0.500. The van der Waals surface area contributed by atoms with Crippen molar-refractivity contribution in [2.24, 2.45) is 4.99 Å². The first-order valence-corrected chi connectivity index (χ1v) is 7.04. The molecule has 0 heterocycles. The number of carbonyl (C=O) groups excluding carboxylic acids is 1. The van der Waals surface area contributed by atoms with Crippen LogP contribution in [-0.2, 0) is 4.79 Å². The maximum absolute atomic E-state index is 10.7. The van der Waals surface area contributed by atoms with Crippen LogP contribution in [0.1, 0.15) is 38.2 Å². The van der Waals surface area contributed by atoms with E-state index >= 15 is 0 Å². The standard InChI is InChI=1S/C16H24N2O/c1-15(19)13-17-11-7-2-3-8-12-18-14-16-9-5-4-6-10-16/h4-6,9-10,14,17H,2-3,7-8,11-13H2,1H3. The molecule has 0 aromatic heterocycles. The second kappa shape index (κ2) is 10.4. The highest BCUT2D eigenvalue weighted by molar-refractivity contribution is 5.79. The minimum atomic E-state index is 0.204. The normalized spacial score (nSPS) is 11.0. The summed E-state index contributed by atoms with van der Waals surface area (Å²) in [7, 11) is 0. The average molecular weight is 260 g/mol. The van der Waals surface area contributed by atoms with Crippen LogP contribution in [0.25, 0.3) is 0 Å². The molecule has 0 aliphatic heterocycles. The van der Waals surface area contributed by atoms with E-state index in [1.807, 2.05) is 24.4 Å². The van der Waals surface area contributed by atoms with Gasteiger partial charge >= 0.3 is 0 Å². The van der Waals surface area contributed by atoms with E-state index in [4.69, 9.17) is 0 Å². The number of nitrogens with one attached hydrogen (secondary N) is 1. The van der Waals surface area contributed by atoms with E-state index in [2.05, 4.69) is 22.4 Å². The molecular weight excluding hydrogens is 236 g/mol. The van der Waals surface area contributed by atoms with E-state index in [1.54, 1.807) is 6.92 Å². The minimum absolute atomic E-state index is 0.204. The summed E-state index contributed by atoms with van der Waals surface area (Å²) < 4.78 is 0. The molecule has 0 fully saturated rings. The zero-order chi connectivity index (χ0) is 13.8. The van der Waals surface area contributed by atoms with Gasteiger partial charge < -0.3 is 5.32 Å². The quantitative estimate of drug-likeness (QED) is 0.519. The largest absolute Gasteiger partial charge is 0.310 e. The van der Waals surface area contributed by atoms with Crippen molar-refractivity contribution in [2.45, 2.75) is 32.6 Å². The van der Waals surface area contributed by atoms with Crippen LogP contribution in [0, 0.1) is 0 Å². The highest BCUT2D eigenvalue weighted by Crippen LogP contribution is 2.00. The summed E-state index contributed by atoms with van der Waals surface area (Å²) in [6.45, 7) is 3.95. The smallest absolute Gasteiger partial charge is 0.143 e. The van der Waals surface area contributed by atoms with Gasteiger partial charge in [0, 0.05) is 12.8 Å². The third kappa shape index (κ3) is 9.14. The van der Waals surface area contributed by atoms with Gasteiger partial charge in [0.05, 0.1) is 6.54 Å². The van der Waals surface area contributed by atoms with Crippen LogP contribution < -0.4 is 5.32 Å². The molecule has 0 spiro atoms. The first-order valence-electron chi connectivity index (χ1n) is 7.04. The fourth-order valence-electron chi connectivity index (χ4n) is 1.78. The van der Waals surface area contributed by atoms with Crippen molar-refractivity contribution in [3.05, 3.63) is 35.9 Å². The van der Waals surface area contributed by atoms with Gasteiger partial charge in [0.1, 0.15) is 5.78 Å². The fourth-order valence-corrected chi connectivity index (χ4v) is 1.78. The molecule has 0 aliphatic carbocycles. The van der Waals surface area contributed by atoms with Gasteiger partial charge in [-0.1, -0.05) is 43.2 Å². The Morgan fingerprint density at radius 3 is 2.63 bits per heavy atom. The second-order valence-electron chi connectivity index (χ2n) is 4.74. The Hall–Kier alpha value is -1.48. The molecular formula is C16H24N2O. The summed E-state index contributed by atoms with van der Waals surface area (Å²) >= 11 is 0. The third-order valence-electron chi connectivity index (χ3n) is 2.80. The molecule has 0 unspecified atom stereocenters. The molecule has 0 bridgehead atoms. The lowest BCUT2D eigenvalue weighted by Crippen LogP contribution is -2.21. The number of nitrogens with zero attached hydrogens (tertiary/aromatic N) is 1. The molecule has 0 saturated heterocycles. The van der Waals surface area contributed by atoms with E-state index in [0.717, 1.165) is 31.5 Å². The summed E-state index contributed by atoms with van der Waals surface area (Å²) in [5, 5.41) is 3.13. The Morgan fingerprint density at radius 2 is 1.89 bits per heavy atom. The predicted molar refractivity (Wildman–Crippen MR) is 80.9 cm³/mol. The molecule has 0 atom stereocenters. The highest BCUT2D eigenvalue weighted by atomic mass is 16.1. The Bertz CT molecular complexity index is 374. The van der Waals surface area contributed by atoms with Gasteiger partial charge in [-0.25, -0.2) is 0 Å². The number of rotatable bonds is 10. The minimum Gasteiger partial charge on any atom is -0.310 e. The lowest BCUT2D eigenvalue weighted by molar-refractivity contribution is -0.116. The van der Waals surface area contributed by atoms with Gasteiger partial charge in [-0.05, 0) is 31.9 Å². The van der Waals surface area contributed by atoms with E-state index in [-0.39, 0.29) is 5.78 Å². The van der Waals surface area contributed by atoms with Crippen molar-refractivity contribution in [3.8, 4) is 0 Å². The van der Waals surface area contributed by atoms with Gasteiger partial charge in [-0.2, -0.15) is 0 Å². The summed E-state index contributed by atoms with van der Waals surface area (Å²) in [5.41, 5.74) is 1.16. The molecule has 0 radical (unpaired) electrons. The average Bonchev–Trinajstić information content (AvgIpc) is 2.42. The van der Waals surface area contributed by atoms with E-state index in [0.29, 0.717) is 6.54 Å². The third-order valence-corrected chi connectivity index (χ3v) is 2.80. The number of Topliss-reactive ketones (excluding diaryl/α,β-unsaturated/α-hetero) is 1. The predicted octanol–water partition coefficient (Wildman–Crippen LogP) is 2.84. The van der Waals surface area contributed by atoms with Gasteiger partial charge in [0.15, 0.2) is 0 Å². The summed E-state index contributed by atoms with van der Waals surface area (Å²) in [5.74, 6) is 0.204. The summed E-state index contributed by atoms with van der Waals surface area (Å²) in [6.07, 6.45) is 6.61. The molecule has 104 valence electrons. The Labute approximate surface area is 116 Å². The Balaban J connectivity index is 1.91. The molecule has 1 rings (SSSR count). The van der Waals surface area contributed by atoms with E-state index < -0.39 is 0 Å². The molecule has 1 aromatic carbocycles. The van der Waals surface area contributed by atoms with Gasteiger partial charge in [0.25, 0.3) is 0 Å². The maximum atomic E-state index is 10.7. The summed E-state index contributed by atoms with van der Waals surface area (Å²) in [6, 6.07) is 10.2. The molecule has 3 nitrogen and oxygen atoms in total. The van der Waals surface area contributed by atoms with Crippen LogP contribution in [0.5, 0.6) is 0 Å². The number of aliphatic imine (C=N–C) groups is 1. The van der Waals surface area contributed by atoms with Crippen LogP contribution >= 0.6 is 0 Å². The Morgan fingerprint density at radius 1 is 1.16 bits per heavy atom. The van der Waals surface area contributed by atoms with Crippen LogP contribution in [0.15, 0.2) is 35.3 Å². The lowest BCUT2D eigenvalue weighted by Gasteiger charge is -2.01. The second-order valence-corrected chi connectivity index (χ2v) is 4.74. The van der Waals surface area contributed by atoms with Crippen molar-refractivity contribution < 1.29 is 4.79 Å². The molecule has 1 N–H and O–H groups in total. The van der Waals surface area contributed by atoms with E-state index in [1.165, 1.54) is 12.8 Å². The van der Waals surface area contributed by atoms with E-state index in [9.17, 15) is 4.79 Å². The SMILES string of the molecule is CC(=O)CNCCCCCCN=Cc1ccccc1. The highest BCUT2D eigenvalue weighted by Gasteiger charge is 1.92. The molecule has 0 aliphatic rings. The van der Waals surface area contributed by atoms with Gasteiger partial charge in [-0.3, -0.25) is 9.79 Å². The molecule has 0 amide bonds. The van der Waals surface area contributed by atoms with Crippen LogP contribution in [0.4, 0.5) is 0 Å². The monoisotopic (exact) mass is 260 g/mol. The molecule has 0 saturated carbocycles. The topological polar surface area (TPSA) is 41.5 Å². The van der Waals surface area contributed by atoms with Crippen molar-refractivity contribution in [1.29, 1.82) is 0 Å². The number of carbonyl (C=O) groups is 1. The first-order chi connectivity index (χ1) is 9.29. The van der Waals surface area contributed by atoms with Crippen LogP contribution in [0.2, 0.25) is 0 Å². The van der Waals surface area contributed by atoms with Crippen molar-refractivity contribution in [2.75, 3.05) is 19.6 Å². The lowest BCUT2D eigenvalue weighted by atomic mass is 10.2. The number of hydrogen-bond acceptors (Lipinski definition) is 3. The maximum Gasteiger partial charge on any atom is 0.143 e. The zero-order valence-electron chi connectivity index (χ0n) is 11.8. The zero-order valence-corrected chi connectivity index (χ0v) is 11.8. The number of unbranched alkanes of at least 4 members (excludes halogenated alkanes) is 3. The van der Waals surface area contributed by atoms with Crippen molar-refractivity contribution in [1.82, 2.24) is 5.32 Å². The number of benzene rings is 1. The van der Waals surface area contributed by atoms with Gasteiger partial charge in [-0.15, -0.1) is 0 Å². The number of hydrogen-bond donors (Lipinski definition) is 1. The first kappa shape index (κ1) is 15.6. The van der Waals surface area contributed by atoms with Crippen molar-refractivity contribution >= 4 is 12.0 Å². The van der Waals surface area contributed by atoms with Gasteiger partial charge in [0.2, 0.25) is 0 Å². The van der Waals surface area contributed by atoms with Crippen molar-refractivity contribution in [3.63, 3.8) is 0 Å². The van der Waals surface area contributed by atoms with Crippen LogP contribution in [0.3, 0.4) is 0 Å². The van der Waals surface area contributed by atoms with Crippen LogP contribution in [-0.4, -0.2) is 31.6 Å².